The van der Waals surface area contributed by atoms with Crippen molar-refractivity contribution in [2.45, 2.75) is 39.0 Å². The predicted octanol–water partition coefficient (Wildman–Crippen LogP) is 6.10. The summed E-state index contributed by atoms with van der Waals surface area (Å²) >= 11 is 6.11. The largest absolute Gasteiger partial charge is 0.309 e. The van der Waals surface area contributed by atoms with E-state index in [9.17, 15) is 0 Å². The van der Waals surface area contributed by atoms with Crippen LogP contribution >= 0.6 is 11.6 Å². The van der Waals surface area contributed by atoms with Crippen LogP contribution in [0.15, 0.2) is 48.8 Å². The van der Waals surface area contributed by atoms with Gasteiger partial charge >= 0.3 is 0 Å². The Morgan fingerprint density at radius 1 is 1.00 bits per heavy atom. The van der Waals surface area contributed by atoms with Crippen molar-refractivity contribution in [3.63, 3.8) is 0 Å². The van der Waals surface area contributed by atoms with Gasteiger partial charge in [-0.05, 0) is 75.5 Å². The number of rotatable bonds is 10. The fourth-order valence-electron chi connectivity index (χ4n) is 4.29. The second-order valence-electron chi connectivity index (χ2n) is 8.35. The second kappa shape index (κ2) is 10.7. The average Bonchev–Trinajstić information content (AvgIpc) is 3.05. The Hall–Kier alpha value is -2.17. The number of aromatic nitrogens is 3. The molecule has 1 aromatic carbocycles. The fraction of sp³-hybridized carbons (Fsp3) is 0.440. The molecule has 0 saturated heterocycles. The lowest BCUT2D eigenvalue weighted by Gasteiger charge is -2.20. The zero-order valence-electron chi connectivity index (χ0n) is 18.6. The van der Waals surface area contributed by atoms with Crippen molar-refractivity contribution < 1.29 is 0 Å². The van der Waals surface area contributed by atoms with Gasteiger partial charge in [-0.1, -0.05) is 37.1 Å². The van der Waals surface area contributed by atoms with E-state index in [1.165, 1.54) is 30.5 Å². The minimum atomic E-state index is 0.739. The Morgan fingerprint density at radius 3 is 2.33 bits per heavy atom. The highest BCUT2D eigenvalue weighted by Gasteiger charge is 2.19. The molecule has 0 radical (unpaired) electrons. The first kappa shape index (κ1) is 22.5. The summed E-state index contributed by atoms with van der Waals surface area (Å²) in [5.74, 6) is 0.748. The first-order chi connectivity index (χ1) is 14.5. The Labute approximate surface area is 185 Å². The third-order valence-electron chi connectivity index (χ3n) is 5.60. The second-order valence-corrected chi connectivity index (χ2v) is 8.78. The highest BCUT2D eigenvalue weighted by molar-refractivity contribution is 6.30. The molecule has 0 saturated carbocycles. The van der Waals surface area contributed by atoms with E-state index in [-0.39, 0.29) is 0 Å². The first-order valence-electron chi connectivity index (χ1n) is 10.9. The van der Waals surface area contributed by atoms with Crippen molar-refractivity contribution in [3.05, 3.63) is 59.5 Å². The van der Waals surface area contributed by atoms with Gasteiger partial charge < -0.3 is 4.90 Å². The van der Waals surface area contributed by atoms with Gasteiger partial charge in [-0.3, -0.25) is 9.67 Å². The number of nitrogens with zero attached hydrogens (tertiary/aromatic N) is 4. The Kier molecular flexibility index (Phi) is 8.06. The van der Waals surface area contributed by atoms with E-state index in [2.05, 4.69) is 54.8 Å². The Bertz CT molecular complexity index is 916. The smallest absolute Gasteiger partial charge is 0.100 e. The predicted molar refractivity (Wildman–Crippen MR) is 127 cm³/mol. The van der Waals surface area contributed by atoms with Crippen LogP contribution in [0.2, 0.25) is 5.02 Å². The summed E-state index contributed by atoms with van der Waals surface area (Å²) in [6.45, 7) is 3.44. The van der Waals surface area contributed by atoms with Gasteiger partial charge in [-0.15, -0.1) is 0 Å². The number of aryl methyl sites for hydroxylation is 1. The summed E-state index contributed by atoms with van der Waals surface area (Å²) in [5, 5.41) is 5.65. The molecule has 1 atom stereocenters. The molecule has 2 heterocycles. The molecule has 0 aliphatic heterocycles. The van der Waals surface area contributed by atoms with Crippen LogP contribution in [0.4, 0.5) is 0 Å². The highest BCUT2D eigenvalue weighted by Crippen LogP contribution is 2.35. The highest BCUT2D eigenvalue weighted by atomic mass is 35.5. The molecular weight excluding hydrogens is 392 g/mol. The Balaban J connectivity index is 1.89. The number of halogens is 1. The van der Waals surface area contributed by atoms with Crippen LogP contribution in [0.25, 0.3) is 22.4 Å². The summed E-state index contributed by atoms with van der Waals surface area (Å²) in [5.41, 5.74) is 5.75. The lowest BCUT2D eigenvalue weighted by molar-refractivity contribution is 0.293. The van der Waals surface area contributed by atoms with Crippen LogP contribution in [-0.4, -0.2) is 40.3 Å². The molecule has 5 heteroatoms. The van der Waals surface area contributed by atoms with Crippen molar-refractivity contribution in [2.75, 3.05) is 20.6 Å². The zero-order valence-corrected chi connectivity index (χ0v) is 19.4. The van der Waals surface area contributed by atoms with Crippen LogP contribution in [-0.2, 0) is 13.5 Å². The molecule has 0 unspecified atom stereocenters. The van der Waals surface area contributed by atoms with E-state index >= 15 is 0 Å². The van der Waals surface area contributed by atoms with Crippen molar-refractivity contribution in [2.24, 2.45) is 13.0 Å². The quantitative estimate of drug-likeness (QED) is 0.394. The first-order valence-corrected chi connectivity index (χ1v) is 11.2. The molecule has 0 fully saturated rings. The van der Waals surface area contributed by atoms with E-state index in [4.69, 9.17) is 16.7 Å². The van der Waals surface area contributed by atoms with Crippen LogP contribution in [0.5, 0.6) is 0 Å². The molecule has 0 amide bonds. The van der Waals surface area contributed by atoms with Crippen LogP contribution in [0.1, 0.15) is 38.3 Å². The van der Waals surface area contributed by atoms with Gasteiger partial charge in [0.15, 0.2) is 0 Å². The number of pyridine rings is 1. The van der Waals surface area contributed by atoms with Gasteiger partial charge in [-0.25, -0.2) is 0 Å². The summed E-state index contributed by atoms with van der Waals surface area (Å²) in [6.07, 6.45) is 9.66. The molecule has 0 aliphatic rings. The topological polar surface area (TPSA) is 34.0 Å². The van der Waals surface area contributed by atoms with Crippen LogP contribution < -0.4 is 0 Å². The lowest BCUT2D eigenvalue weighted by atomic mass is 9.93. The van der Waals surface area contributed by atoms with E-state index in [0.29, 0.717) is 0 Å². The molecular formula is C25H33ClN4. The molecule has 3 rings (SSSR count). The molecule has 160 valence electrons. The summed E-state index contributed by atoms with van der Waals surface area (Å²) in [7, 11) is 6.40. The molecule has 30 heavy (non-hydrogen) atoms. The number of benzene rings is 1. The number of hydrogen-bond acceptors (Lipinski definition) is 3. The maximum atomic E-state index is 6.11. The normalized spacial score (nSPS) is 12.5. The summed E-state index contributed by atoms with van der Waals surface area (Å²) < 4.78 is 2.06. The molecule has 3 aromatic rings. The van der Waals surface area contributed by atoms with Crippen LogP contribution in [0, 0.1) is 5.92 Å². The molecule has 2 aromatic heterocycles. The average molecular weight is 425 g/mol. The minimum Gasteiger partial charge on any atom is -0.309 e. The third-order valence-corrected chi connectivity index (χ3v) is 5.85. The van der Waals surface area contributed by atoms with Crippen molar-refractivity contribution in [1.82, 2.24) is 19.7 Å². The van der Waals surface area contributed by atoms with Crippen molar-refractivity contribution >= 4 is 11.6 Å². The fourth-order valence-corrected chi connectivity index (χ4v) is 4.41. The van der Waals surface area contributed by atoms with E-state index in [1.807, 2.05) is 36.7 Å². The SMILES string of the molecule is CCC[C@@H](CCCc1c(-c2ccncc2)c(-c2ccc(Cl)cc2)nn1C)CN(C)C. The van der Waals surface area contributed by atoms with Crippen molar-refractivity contribution in [1.29, 1.82) is 0 Å². The monoisotopic (exact) mass is 424 g/mol. The van der Waals surface area contributed by atoms with Gasteiger partial charge in [0, 0.05) is 47.8 Å². The van der Waals surface area contributed by atoms with Gasteiger partial charge in [0.25, 0.3) is 0 Å². The van der Waals surface area contributed by atoms with Gasteiger partial charge in [0.05, 0.1) is 0 Å². The zero-order chi connectivity index (χ0) is 21.5. The summed E-state index contributed by atoms with van der Waals surface area (Å²) in [4.78, 5) is 6.52. The number of hydrogen-bond donors (Lipinski definition) is 0. The van der Waals surface area contributed by atoms with E-state index < -0.39 is 0 Å². The van der Waals surface area contributed by atoms with Gasteiger partial charge in [0.2, 0.25) is 0 Å². The molecule has 0 aliphatic carbocycles. The molecule has 4 nitrogen and oxygen atoms in total. The van der Waals surface area contributed by atoms with Crippen LogP contribution in [0.3, 0.4) is 0 Å². The molecule has 0 bridgehead atoms. The summed E-state index contributed by atoms with van der Waals surface area (Å²) in [6, 6.07) is 12.1. The minimum absolute atomic E-state index is 0.739. The van der Waals surface area contributed by atoms with E-state index in [0.717, 1.165) is 47.1 Å². The maximum absolute atomic E-state index is 6.11. The lowest BCUT2D eigenvalue weighted by Crippen LogP contribution is -2.21. The standard InChI is InChI=1S/C25H33ClN4/c1-5-7-19(18-29(2)3)8-6-9-23-24(20-14-16-27-17-15-20)25(28-30(23)4)21-10-12-22(26)13-11-21/h10-17,19H,5-9,18H2,1-4H3/t19-/m0/s1. The van der Waals surface area contributed by atoms with Gasteiger partial charge in [-0.2, -0.15) is 5.10 Å². The maximum Gasteiger partial charge on any atom is 0.100 e. The molecule has 0 N–H and O–H groups in total. The third kappa shape index (κ3) is 5.71. The van der Waals surface area contributed by atoms with Crippen molar-refractivity contribution in [3.8, 4) is 22.4 Å². The Morgan fingerprint density at radius 2 is 1.70 bits per heavy atom. The molecule has 0 spiro atoms. The van der Waals surface area contributed by atoms with Gasteiger partial charge in [0.1, 0.15) is 5.69 Å². The van der Waals surface area contributed by atoms with E-state index in [1.54, 1.807) is 0 Å².